The molecule has 0 unspecified atom stereocenters. The lowest BCUT2D eigenvalue weighted by Crippen LogP contribution is -2.51. The van der Waals surface area contributed by atoms with Gasteiger partial charge in [0.05, 0.1) is 10.6 Å². The van der Waals surface area contributed by atoms with Crippen LogP contribution in [0.3, 0.4) is 0 Å². The number of hydrogen-bond donors (Lipinski definition) is 1. The summed E-state index contributed by atoms with van der Waals surface area (Å²) in [6, 6.07) is 28.2. The summed E-state index contributed by atoms with van der Waals surface area (Å²) in [5.41, 5.74) is 1.91. The van der Waals surface area contributed by atoms with Crippen LogP contribution >= 0.6 is 11.6 Å². The van der Waals surface area contributed by atoms with Crippen LogP contribution in [0.2, 0.25) is 5.02 Å². The van der Waals surface area contributed by atoms with Gasteiger partial charge in [-0.2, -0.15) is 0 Å². The number of anilines is 1. The van der Waals surface area contributed by atoms with Crippen molar-refractivity contribution in [3.05, 3.63) is 119 Å². The number of hydrogen-bond acceptors (Lipinski definition) is 5. The van der Waals surface area contributed by atoms with Crippen molar-refractivity contribution in [1.82, 2.24) is 10.2 Å². The lowest BCUT2D eigenvalue weighted by Gasteiger charge is -2.32. The molecular weight excluding hydrogens is 610 g/mol. The van der Waals surface area contributed by atoms with Gasteiger partial charge in [-0.3, -0.25) is 13.9 Å². The molecule has 0 fully saturated rings. The van der Waals surface area contributed by atoms with Crippen LogP contribution in [0.5, 0.6) is 11.5 Å². The first kappa shape index (κ1) is 33.6. The maximum absolute atomic E-state index is 14.1. The molecule has 2 amide bonds. The molecule has 0 heterocycles. The molecule has 1 N–H and O–H groups in total. The van der Waals surface area contributed by atoms with Gasteiger partial charge in [-0.05, 0) is 86.0 Å². The molecule has 4 rings (SSSR count). The van der Waals surface area contributed by atoms with Crippen LogP contribution in [0.15, 0.2) is 108 Å². The summed E-state index contributed by atoms with van der Waals surface area (Å²) < 4.78 is 35.1. The smallest absolute Gasteiger partial charge is 0.264 e. The largest absolute Gasteiger partial charge is 0.457 e. The van der Waals surface area contributed by atoms with Crippen molar-refractivity contribution in [3.8, 4) is 11.5 Å². The number of carbonyl (C=O) groups excluding carboxylic acids is 2. The number of amides is 2. The zero-order valence-corrected chi connectivity index (χ0v) is 27.4. The first-order valence-corrected chi connectivity index (χ1v) is 16.5. The molecule has 236 valence electrons. The number of para-hydroxylation sites is 1. The molecule has 0 aliphatic rings. The Kier molecular flexibility index (Phi) is 11.3. The predicted octanol–water partition coefficient (Wildman–Crippen LogP) is 6.83. The second kappa shape index (κ2) is 15.1. The number of sulfonamides is 1. The summed E-state index contributed by atoms with van der Waals surface area (Å²) in [7, 11) is -4.19. The van der Waals surface area contributed by atoms with Gasteiger partial charge in [-0.25, -0.2) is 8.42 Å². The maximum atomic E-state index is 14.1. The second-order valence-corrected chi connectivity index (χ2v) is 13.5. The Balaban J connectivity index is 1.69. The summed E-state index contributed by atoms with van der Waals surface area (Å²) in [6.07, 6.45) is 0. The lowest BCUT2D eigenvalue weighted by atomic mass is 10.1. The third kappa shape index (κ3) is 9.09. The topological polar surface area (TPSA) is 96.0 Å². The summed E-state index contributed by atoms with van der Waals surface area (Å²) in [6.45, 7) is 7.44. The molecule has 4 aromatic rings. The Morgan fingerprint density at radius 3 is 2.02 bits per heavy atom. The summed E-state index contributed by atoms with van der Waals surface area (Å²) in [5, 5.41) is 3.42. The van der Waals surface area contributed by atoms with Gasteiger partial charge < -0.3 is 15.0 Å². The number of carbonyl (C=O) groups is 2. The molecule has 0 radical (unpaired) electrons. The molecule has 1 atom stereocenters. The van der Waals surface area contributed by atoms with E-state index in [-0.39, 0.29) is 29.0 Å². The van der Waals surface area contributed by atoms with Gasteiger partial charge in [-0.15, -0.1) is 0 Å². The van der Waals surface area contributed by atoms with E-state index in [0.29, 0.717) is 23.1 Å². The van der Waals surface area contributed by atoms with E-state index in [1.54, 1.807) is 67.6 Å². The molecule has 0 bridgehead atoms. The van der Waals surface area contributed by atoms with Crippen LogP contribution in [0.1, 0.15) is 31.9 Å². The van der Waals surface area contributed by atoms with Crippen molar-refractivity contribution in [1.29, 1.82) is 0 Å². The van der Waals surface area contributed by atoms with Gasteiger partial charge in [0.15, 0.2) is 0 Å². The number of benzene rings is 4. The molecule has 45 heavy (non-hydrogen) atoms. The van der Waals surface area contributed by atoms with Gasteiger partial charge in [0.1, 0.15) is 24.1 Å². The molecule has 8 nitrogen and oxygen atoms in total. The summed E-state index contributed by atoms with van der Waals surface area (Å²) >= 11 is 6.08. The Labute approximate surface area is 270 Å². The van der Waals surface area contributed by atoms with E-state index in [1.165, 1.54) is 17.0 Å². The van der Waals surface area contributed by atoms with E-state index in [1.807, 2.05) is 51.1 Å². The fraction of sp³-hybridized carbons (Fsp3) is 0.257. The molecule has 0 aliphatic heterocycles. The zero-order valence-electron chi connectivity index (χ0n) is 25.8. The first-order chi connectivity index (χ1) is 21.4. The highest BCUT2D eigenvalue weighted by molar-refractivity contribution is 7.92. The normalized spacial score (nSPS) is 12.0. The predicted molar refractivity (Wildman–Crippen MR) is 178 cm³/mol. The standard InChI is InChI=1S/C35H38ClN3O5S/c1-25(2)22-37-35(41)27(4)38(23-28-12-14-29(36)15-13-28)34(40)24-39(45(42,43)33-20-10-26(3)11-21-33)30-16-18-32(19-17-30)44-31-8-6-5-7-9-31/h5-21,25,27H,22-24H2,1-4H3,(H,37,41)/t27-/m0/s1. The third-order valence-electron chi connectivity index (χ3n) is 7.11. The Hall–Kier alpha value is -4.34. The van der Waals surface area contributed by atoms with E-state index in [9.17, 15) is 18.0 Å². The fourth-order valence-electron chi connectivity index (χ4n) is 4.49. The molecule has 10 heteroatoms. The summed E-state index contributed by atoms with van der Waals surface area (Å²) in [4.78, 5) is 28.7. The van der Waals surface area contributed by atoms with Gasteiger partial charge in [-0.1, -0.05) is 73.5 Å². The molecule has 4 aromatic carbocycles. The molecule has 0 aromatic heterocycles. The molecule has 0 aliphatic carbocycles. The Bertz CT molecular complexity index is 1680. The number of nitrogens with one attached hydrogen (secondary N) is 1. The van der Waals surface area contributed by atoms with Crippen LogP contribution in [-0.2, 0) is 26.2 Å². The molecule has 0 spiro atoms. The first-order valence-electron chi connectivity index (χ1n) is 14.7. The summed E-state index contributed by atoms with van der Waals surface area (Å²) in [5.74, 6) is 0.472. The van der Waals surface area contributed by atoms with Crippen LogP contribution in [0, 0.1) is 12.8 Å². The lowest BCUT2D eigenvalue weighted by molar-refractivity contribution is -0.139. The second-order valence-electron chi connectivity index (χ2n) is 11.2. The van der Waals surface area contributed by atoms with Gasteiger partial charge >= 0.3 is 0 Å². The fourth-order valence-corrected chi connectivity index (χ4v) is 6.03. The van der Waals surface area contributed by atoms with Crippen molar-refractivity contribution in [2.24, 2.45) is 5.92 Å². The molecule has 0 saturated heterocycles. The zero-order chi connectivity index (χ0) is 32.6. The van der Waals surface area contributed by atoms with Gasteiger partial charge in [0.2, 0.25) is 11.8 Å². The minimum absolute atomic E-state index is 0.0393. The minimum atomic E-state index is -4.19. The average Bonchev–Trinajstić information content (AvgIpc) is 3.03. The number of nitrogens with zero attached hydrogens (tertiary/aromatic N) is 2. The average molecular weight is 648 g/mol. The molecular formula is C35H38ClN3O5S. The van der Waals surface area contributed by atoms with Crippen molar-refractivity contribution in [2.45, 2.75) is 45.2 Å². The van der Waals surface area contributed by atoms with Crippen molar-refractivity contribution in [2.75, 3.05) is 17.4 Å². The van der Waals surface area contributed by atoms with E-state index >= 15 is 0 Å². The van der Waals surface area contributed by atoms with Crippen LogP contribution in [0.4, 0.5) is 5.69 Å². The van der Waals surface area contributed by atoms with Crippen LogP contribution in [0.25, 0.3) is 0 Å². The highest BCUT2D eigenvalue weighted by Gasteiger charge is 2.32. The van der Waals surface area contributed by atoms with Crippen LogP contribution < -0.4 is 14.4 Å². The SMILES string of the molecule is Cc1ccc(S(=O)(=O)N(CC(=O)N(Cc2ccc(Cl)cc2)[C@@H](C)C(=O)NCC(C)C)c2ccc(Oc3ccccc3)cc2)cc1. The number of ether oxygens (including phenoxy) is 1. The minimum Gasteiger partial charge on any atom is -0.457 e. The maximum Gasteiger partial charge on any atom is 0.264 e. The van der Waals surface area contributed by atoms with Crippen molar-refractivity contribution >= 4 is 39.1 Å². The third-order valence-corrected chi connectivity index (χ3v) is 9.15. The van der Waals surface area contributed by atoms with E-state index in [0.717, 1.165) is 15.4 Å². The Morgan fingerprint density at radius 2 is 1.42 bits per heavy atom. The number of rotatable bonds is 13. The quantitative estimate of drug-likeness (QED) is 0.172. The van der Waals surface area contributed by atoms with Gasteiger partial charge in [0.25, 0.3) is 10.0 Å². The van der Waals surface area contributed by atoms with Crippen LogP contribution in [-0.4, -0.2) is 44.3 Å². The number of aryl methyl sites for hydroxylation is 1. The highest BCUT2D eigenvalue weighted by atomic mass is 35.5. The van der Waals surface area contributed by atoms with E-state index in [2.05, 4.69) is 5.32 Å². The molecule has 0 saturated carbocycles. The highest BCUT2D eigenvalue weighted by Crippen LogP contribution is 2.29. The number of halogens is 1. The van der Waals surface area contributed by atoms with E-state index < -0.39 is 28.5 Å². The monoisotopic (exact) mass is 647 g/mol. The Morgan fingerprint density at radius 1 is 0.822 bits per heavy atom. The van der Waals surface area contributed by atoms with Crippen molar-refractivity contribution in [3.63, 3.8) is 0 Å². The van der Waals surface area contributed by atoms with E-state index in [4.69, 9.17) is 16.3 Å². The van der Waals surface area contributed by atoms with Gasteiger partial charge in [0, 0.05) is 18.1 Å². The van der Waals surface area contributed by atoms with Crippen molar-refractivity contribution < 1.29 is 22.7 Å².